The van der Waals surface area contributed by atoms with Crippen LogP contribution in [-0.2, 0) is 14.3 Å². The molecule has 1 amide bonds. The van der Waals surface area contributed by atoms with Crippen LogP contribution in [0.5, 0.6) is 0 Å². The predicted molar refractivity (Wildman–Crippen MR) is 71.9 cm³/mol. The maximum absolute atomic E-state index is 12.3. The van der Waals surface area contributed by atoms with Gasteiger partial charge >= 0.3 is 5.97 Å². The quantitative estimate of drug-likeness (QED) is 0.818. The molecule has 0 radical (unpaired) electrons. The number of nitrogens with zero attached hydrogens (tertiary/aromatic N) is 2. The Balaban J connectivity index is 1.82. The van der Waals surface area contributed by atoms with Gasteiger partial charge in [0, 0.05) is 11.6 Å². The van der Waals surface area contributed by atoms with E-state index in [1.165, 1.54) is 4.90 Å². The van der Waals surface area contributed by atoms with E-state index in [0.29, 0.717) is 18.3 Å². The van der Waals surface area contributed by atoms with Gasteiger partial charge in [-0.3, -0.25) is 9.69 Å². The van der Waals surface area contributed by atoms with Crippen LogP contribution in [0, 0.1) is 0 Å². The number of aliphatic hydroxyl groups excluding tert-OH is 1. The molecule has 2 heterocycles. The van der Waals surface area contributed by atoms with E-state index in [9.17, 15) is 14.7 Å². The molecule has 0 spiro atoms. The number of carbonyl (C=O) groups excluding carboxylic acids is 1. The topological polar surface area (TPSA) is 100.0 Å². The van der Waals surface area contributed by atoms with E-state index < -0.39 is 24.1 Å². The van der Waals surface area contributed by atoms with Crippen molar-refractivity contribution < 1.29 is 24.5 Å². The van der Waals surface area contributed by atoms with Gasteiger partial charge in [0.25, 0.3) is 5.91 Å². The number of aliphatic hydroxyl groups is 1. The first-order valence-electron chi connectivity index (χ1n) is 6.88. The van der Waals surface area contributed by atoms with Gasteiger partial charge in [-0.1, -0.05) is 6.07 Å². The molecule has 2 fully saturated rings. The molecule has 1 aromatic heterocycles. The summed E-state index contributed by atoms with van der Waals surface area (Å²) in [6, 6.07) is 5.47. The monoisotopic (exact) mass is 292 g/mol. The molecular formula is C14H16N2O5. The average Bonchev–Trinajstić information content (AvgIpc) is 3.31. The first kappa shape index (κ1) is 14.0. The molecule has 1 aromatic rings. The van der Waals surface area contributed by atoms with Crippen molar-refractivity contribution >= 4 is 17.7 Å². The van der Waals surface area contributed by atoms with Crippen LogP contribution < -0.4 is 4.90 Å². The van der Waals surface area contributed by atoms with Gasteiger partial charge in [0.1, 0.15) is 5.82 Å². The van der Waals surface area contributed by atoms with Gasteiger partial charge in [-0.15, -0.1) is 0 Å². The highest BCUT2D eigenvalue weighted by molar-refractivity contribution is 5.99. The lowest BCUT2D eigenvalue weighted by Crippen LogP contribution is -2.54. The summed E-state index contributed by atoms with van der Waals surface area (Å²) in [5.41, 5.74) is 0.946. The summed E-state index contributed by atoms with van der Waals surface area (Å²) >= 11 is 0. The van der Waals surface area contributed by atoms with E-state index >= 15 is 0 Å². The van der Waals surface area contributed by atoms with Crippen molar-refractivity contribution in [1.82, 2.24) is 4.98 Å². The Hall–Kier alpha value is -1.99. The SMILES string of the molecule is O=C(O)C(O)[C@H]1OCCN(c2cccc(C3CC3)n2)C1=O. The highest BCUT2D eigenvalue weighted by Crippen LogP contribution is 2.39. The second-order valence-electron chi connectivity index (χ2n) is 5.26. The molecule has 1 saturated carbocycles. The third kappa shape index (κ3) is 2.74. The van der Waals surface area contributed by atoms with Crippen molar-refractivity contribution in [2.45, 2.75) is 31.0 Å². The second kappa shape index (κ2) is 5.42. The summed E-state index contributed by atoms with van der Waals surface area (Å²) < 4.78 is 5.11. The lowest BCUT2D eigenvalue weighted by Gasteiger charge is -2.32. The van der Waals surface area contributed by atoms with E-state index in [1.807, 2.05) is 12.1 Å². The van der Waals surface area contributed by atoms with Crippen molar-refractivity contribution in [3.63, 3.8) is 0 Å². The van der Waals surface area contributed by atoms with Crippen molar-refractivity contribution in [3.8, 4) is 0 Å². The third-order valence-electron chi connectivity index (χ3n) is 3.69. The fourth-order valence-electron chi connectivity index (χ4n) is 2.39. The van der Waals surface area contributed by atoms with Gasteiger partial charge < -0.3 is 14.9 Å². The smallest absolute Gasteiger partial charge is 0.335 e. The van der Waals surface area contributed by atoms with Crippen LogP contribution in [0.25, 0.3) is 0 Å². The Morgan fingerprint density at radius 1 is 1.43 bits per heavy atom. The van der Waals surface area contributed by atoms with E-state index in [4.69, 9.17) is 9.84 Å². The maximum atomic E-state index is 12.3. The number of hydrogen-bond acceptors (Lipinski definition) is 5. The Morgan fingerprint density at radius 3 is 2.86 bits per heavy atom. The van der Waals surface area contributed by atoms with Crippen molar-refractivity contribution in [2.75, 3.05) is 18.1 Å². The van der Waals surface area contributed by atoms with Crippen LogP contribution >= 0.6 is 0 Å². The molecule has 1 aliphatic heterocycles. The molecule has 21 heavy (non-hydrogen) atoms. The maximum Gasteiger partial charge on any atom is 0.335 e. The number of carboxylic acids is 1. The van der Waals surface area contributed by atoms with Crippen molar-refractivity contribution in [1.29, 1.82) is 0 Å². The number of aromatic nitrogens is 1. The molecule has 1 aliphatic carbocycles. The van der Waals surface area contributed by atoms with Gasteiger partial charge in [0.05, 0.1) is 13.2 Å². The molecule has 2 atom stereocenters. The summed E-state index contributed by atoms with van der Waals surface area (Å²) in [6.45, 7) is 0.457. The van der Waals surface area contributed by atoms with Crippen LogP contribution in [0.15, 0.2) is 18.2 Å². The van der Waals surface area contributed by atoms with Crippen LogP contribution in [-0.4, -0.2) is 52.4 Å². The molecule has 0 bridgehead atoms. The lowest BCUT2D eigenvalue weighted by atomic mass is 10.1. The van der Waals surface area contributed by atoms with Crippen LogP contribution in [0.2, 0.25) is 0 Å². The number of anilines is 1. The molecule has 3 rings (SSSR count). The number of rotatable bonds is 4. The minimum Gasteiger partial charge on any atom is -0.479 e. The summed E-state index contributed by atoms with van der Waals surface area (Å²) in [4.78, 5) is 29.0. The summed E-state index contributed by atoms with van der Waals surface area (Å²) in [6.07, 6.45) is -1.05. The Labute approximate surface area is 121 Å². The fraction of sp³-hybridized carbons (Fsp3) is 0.500. The molecule has 7 nitrogen and oxygen atoms in total. The largest absolute Gasteiger partial charge is 0.479 e. The molecule has 1 unspecified atom stereocenters. The summed E-state index contributed by atoms with van der Waals surface area (Å²) in [5.74, 6) is -1.11. The zero-order valence-electron chi connectivity index (χ0n) is 11.3. The number of pyridine rings is 1. The molecule has 1 saturated heterocycles. The minimum atomic E-state index is -1.87. The normalized spacial score (nSPS) is 24.0. The van der Waals surface area contributed by atoms with Gasteiger partial charge in [-0.2, -0.15) is 0 Å². The summed E-state index contributed by atoms with van der Waals surface area (Å²) in [5, 5.41) is 18.4. The molecule has 7 heteroatoms. The summed E-state index contributed by atoms with van der Waals surface area (Å²) in [7, 11) is 0. The number of morpholine rings is 1. The van der Waals surface area contributed by atoms with E-state index in [0.717, 1.165) is 18.5 Å². The first-order chi connectivity index (χ1) is 10.1. The molecule has 2 aliphatic rings. The Bertz CT molecular complexity index is 572. The third-order valence-corrected chi connectivity index (χ3v) is 3.69. The number of ether oxygens (including phenoxy) is 1. The average molecular weight is 292 g/mol. The Kier molecular flexibility index (Phi) is 3.60. The number of amides is 1. The molecule has 112 valence electrons. The number of aliphatic carboxylic acids is 1. The molecule has 0 aromatic carbocycles. The minimum absolute atomic E-state index is 0.163. The van der Waals surface area contributed by atoms with Crippen molar-refractivity contribution in [3.05, 3.63) is 23.9 Å². The molecular weight excluding hydrogens is 276 g/mol. The second-order valence-corrected chi connectivity index (χ2v) is 5.26. The Morgan fingerprint density at radius 2 is 2.19 bits per heavy atom. The van der Waals surface area contributed by atoms with Gasteiger partial charge in [-0.05, 0) is 25.0 Å². The standard InChI is InChI=1S/C14H16N2O5/c17-11(14(19)20)12-13(18)16(6-7-21-12)10-3-1-2-9(15-10)8-4-5-8/h1-3,8,11-12,17H,4-7H2,(H,19,20)/t11?,12-/m1/s1. The van der Waals surface area contributed by atoms with Crippen LogP contribution in [0.3, 0.4) is 0 Å². The van der Waals surface area contributed by atoms with Crippen LogP contribution in [0.1, 0.15) is 24.5 Å². The highest BCUT2D eigenvalue weighted by atomic mass is 16.5. The number of hydrogen-bond donors (Lipinski definition) is 2. The van der Waals surface area contributed by atoms with Gasteiger partial charge in [0.15, 0.2) is 12.2 Å². The highest BCUT2D eigenvalue weighted by Gasteiger charge is 2.40. The fourth-order valence-corrected chi connectivity index (χ4v) is 2.39. The van der Waals surface area contributed by atoms with E-state index in [-0.39, 0.29) is 6.61 Å². The van der Waals surface area contributed by atoms with Gasteiger partial charge in [0.2, 0.25) is 0 Å². The van der Waals surface area contributed by atoms with E-state index in [2.05, 4.69) is 4.98 Å². The van der Waals surface area contributed by atoms with Crippen LogP contribution in [0.4, 0.5) is 5.82 Å². The predicted octanol–water partition coefficient (Wildman–Crippen LogP) is 0.136. The zero-order chi connectivity index (χ0) is 15.0. The van der Waals surface area contributed by atoms with Crippen molar-refractivity contribution in [2.24, 2.45) is 0 Å². The van der Waals surface area contributed by atoms with Gasteiger partial charge in [-0.25, -0.2) is 9.78 Å². The van der Waals surface area contributed by atoms with E-state index in [1.54, 1.807) is 6.07 Å². The number of carbonyl (C=O) groups is 2. The lowest BCUT2D eigenvalue weighted by molar-refractivity contribution is -0.163. The zero-order valence-corrected chi connectivity index (χ0v) is 11.3. The number of carboxylic acid groups (broad SMARTS) is 1. The first-order valence-corrected chi connectivity index (χ1v) is 6.88. The molecule has 2 N–H and O–H groups in total.